The summed E-state index contributed by atoms with van der Waals surface area (Å²) in [4.78, 5) is 40.0. The molecule has 0 saturated heterocycles. The van der Waals surface area contributed by atoms with E-state index >= 15 is 0 Å². The maximum Gasteiger partial charge on any atom is 0.270 e. The van der Waals surface area contributed by atoms with Gasteiger partial charge in [0.2, 0.25) is 11.8 Å². The van der Waals surface area contributed by atoms with Crippen molar-refractivity contribution in [1.29, 1.82) is 0 Å². The first-order chi connectivity index (χ1) is 14.4. The molecule has 3 amide bonds. The second kappa shape index (κ2) is 10.1. The topological polar surface area (TPSA) is 114 Å². The van der Waals surface area contributed by atoms with Gasteiger partial charge in [0, 0.05) is 28.1 Å². The van der Waals surface area contributed by atoms with E-state index in [0.717, 1.165) is 5.56 Å². The number of pyridine rings is 1. The van der Waals surface area contributed by atoms with Gasteiger partial charge in [-0.25, -0.2) is 4.98 Å². The van der Waals surface area contributed by atoms with E-state index in [0.29, 0.717) is 32.9 Å². The highest BCUT2D eigenvalue weighted by atomic mass is 35.5. The van der Waals surface area contributed by atoms with Gasteiger partial charge in [-0.05, 0) is 24.3 Å². The number of hydrazine groups is 1. The number of hydrogen-bond donors (Lipinski definition) is 3. The minimum absolute atomic E-state index is 0.144. The van der Waals surface area contributed by atoms with Crippen LogP contribution in [0.3, 0.4) is 0 Å². The summed E-state index contributed by atoms with van der Waals surface area (Å²) in [5.41, 5.74) is 12.4. The van der Waals surface area contributed by atoms with Crippen molar-refractivity contribution in [3.8, 4) is 11.3 Å². The quantitative estimate of drug-likeness (QED) is 0.384. The van der Waals surface area contributed by atoms with Crippen LogP contribution in [-0.4, -0.2) is 34.2 Å². The number of primary amides is 1. The largest absolute Gasteiger partial charge is 0.369 e. The lowest BCUT2D eigenvalue weighted by atomic mass is 10.0. The van der Waals surface area contributed by atoms with Crippen molar-refractivity contribution in [2.45, 2.75) is 6.42 Å². The van der Waals surface area contributed by atoms with Crippen LogP contribution in [0.4, 0.5) is 0 Å². The number of halogens is 1. The molecule has 0 aliphatic rings. The maximum atomic E-state index is 12.8. The van der Waals surface area contributed by atoms with Gasteiger partial charge >= 0.3 is 0 Å². The van der Waals surface area contributed by atoms with Crippen molar-refractivity contribution in [2.75, 3.05) is 11.5 Å². The molecule has 7 nitrogen and oxygen atoms in total. The van der Waals surface area contributed by atoms with Gasteiger partial charge in [0.1, 0.15) is 0 Å². The van der Waals surface area contributed by atoms with E-state index in [2.05, 4.69) is 15.8 Å². The third-order valence-electron chi connectivity index (χ3n) is 4.13. The fourth-order valence-corrected chi connectivity index (χ4v) is 3.53. The number of carbonyl (C=O) groups is 3. The third-order valence-corrected chi connectivity index (χ3v) is 5.37. The number of carbonyl (C=O) groups excluding carboxylic acids is 3. The van der Waals surface area contributed by atoms with Gasteiger partial charge in [0.05, 0.1) is 22.5 Å². The first-order valence-electron chi connectivity index (χ1n) is 9.05. The average Bonchev–Trinajstić information content (AvgIpc) is 2.74. The lowest BCUT2D eigenvalue weighted by Gasteiger charge is -2.11. The van der Waals surface area contributed by atoms with Gasteiger partial charge in [-0.1, -0.05) is 41.9 Å². The van der Waals surface area contributed by atoms with E-state index in [1.165, 1.54) is 11.8 Å². The number of nitrogens with two attached hydrogens (primary N) is 1. The third kappa shape index (κ3) is 5.71. The Morgan fingerprint density at radius 2 is 1.77 bits per heavy atom. The van der Waals surface area contributed by atoms with E-state index in [9.17, 15) is 14.4 Å². The monoisotopic (exact) mass is 442 g/mol. The molecule has 1 aromatic heterocycles. The standard InChI is InChI=1S/C21H19ClN4O3S/c22-14-7-5-13(6-8-14)18-11-16(15-3-1-2-4-17(15)24-18)21(29)26-25-20(28)9-10-30-12-19(23)27/h1-8,11H,9-10,12H2,(H2,23,27)(H,25,28)(H,26,29). The summed E-state index contributed by atoms with van der Waals surface area (Å²) in [6.45, 7) is 0. The normalized spacial score (nSPS) is 10.6. The average molecular weight is 443 g/mol. The molecule has 4 N–H and O–H groups in total. The van der Waals surface area contributed by atoms with Crippen molar-refractivity contribution in [1.82, 2.24) is 15.8 Å². The predicted octanol–water partition coefficient (Wildman–Crippen LogP) is 2.92. The van der Waals surface area contributed by atoms with Crippen LogP contribution < -0.4 is 16.6 Å². The Morgan fingerprint density at radius 3 is 2.50 bits per heavy atom. The molecule has 0 aliphatic heterocycles. The highest BCUT2D eigenvalue weighted by Crippen LogP contribution is 2.25. The molecule has 0 atom stereocenters. The molecule has 3 rings (SSSR count). The molecule has 30 heavy (non-hydrogen) atoms. The Hall–Kier alpha value is -3.10. The molecule has 0 saturated carbocycles. The van der Waals surface area contributed by atoms with Gasteiger partial charge in [-0.15, -0.1) is 0 Å². The Balaban J connectivity index is 1.75. The number of fused-ring (bicyclic) bond motifs is 1. The first-order valence-corrected chi connectivity index (χ1v) is 10.6. The van der Waals surface area contributed by atoms with Crippen LogP contribution in [0.25, 0.3) is 22.2 Å². The van der Waals surface area contributed by atoms with Gasteiger partial charge < -0.3 is 5.73 Å². The van der Waals surface area contributed by atoms with Crippen LogP contribution in [0.5, 0.6) is 0 Å². The second-order valence-electron chi connectivity index (χ2n) is 6.35. The molecule has 154 valence electrons. The molecular weight excluding hydrogens is 424 g/mol. The van der Waals surface area contributed by atoms with E-state index in [1.54, 1.807) is 24.3 Å². The smallest absolute Gasteiger partial charge is 0.270 e. The van der Waals surface area contributed by atoms with Crippen molar-refractivity contribution >= 4 is 52.0 Å². The fourth-order valence-electron chi connectivity index (χ4n) is 2.73. The highest BCUT2D eigenvalue weighted by molar-refractivity contribution is 7.99. The fraction of sp³-hybridized carbons (Fsp3) is 0.143. The van der Waals surface area contributed by atoms with Crippen molar-refractivity contribution < 1.29 is 14.4 Å². The Labute approximate surface area is 182 Å². The second-order valence-corrected chi connectivity index (χ2v) is 7.89. The van der Waals surface area contributed by atoms with Crippen molar-refractivity contribution in [3.05, 3.63) is 65.2 Å². The lowest BCUT2D eigenvalue weighted by molar-refractivity contribution is -0.121. The molecule has 9 heteroatoms. The maximum absolute atomic E-state index is 12.8. The SMILES string of the molecule is NC(=O)CSCCC(=O)NNC(=O)c1cc(-c2ccc(Cl)cc2)nc2ccccc12. The Morgan fingerprint density at radius 1 is 1.03 bits per heavy atom. The minimum Gasteiger partial charge on any atom is -0.369 e. The van der Waals surface area contributed by atoms with E-state index < -0.39 is 11.8 Å². The summed E-state index contributed by atoms with van der Waals surface area (Å²) in [5, 5.41) is 1.27. The van der Waals surface area contributed by atoms with Gasteiger partial charge in [0.25, 0.3) is 5.91 Å². The molecule has 1 heterocycles. The molecule has 0 fully saturated rings. The zero-order valence-corrected chi connectivity index (χ0v) is 17.4. The summed E-state index contributed by atoms with van der Waals surface area (Å²) in [5.74, 6) is -0.687. The van der Waals surface area contributed by atoms with Crippen LogP contribution in [0.1, 0.15) is 16.8 Å². The van der Waals surface area contributed by atoms with E-state index in [1.807, 2.05) is 30.3 Å². The zero-order valence-electron chi connectivity index (χ0n) is 15.9. The zero-order chi connectivity index (χ0) is 21.5. The Kier molecular flexibility index (Phi) is 7.26. The molecule has 0 spiro atoms. The van der Waals surface area contributed by atoms with Crippen molar-refractivity contribution in [3.63, 3.8) is 0 Å². The molecule has 0 unspecified atom stereocenters. The number of rotatable bonds is 7. The van der Waals surface area contributed by atoms with Crippen LogP contribution in [0.2, 0.25) is 5.02 Å². The minimum atomic E-state index is -0.457. The van der Waals surface area contributed by atoms with Crippen molar-refractivity contribution in [2.24, 2.45) is 5.73 Å². The number of amides is 3. The van der Waals surface area contributed by atoms with E-state index in [-0.39, 0.29) is 18.1 Å². The summed E-state index contributed by atoms with van der Waals surface area (Å²) < 4.78 is 0. The summed E-state index contributed by atoms with van der Waals surface area (Å²) in [7, 11) is 0. The molecule has 0 aliphatic carbocycles. The first kappa shape index (κ1) is 21.6. The van der Waals surface area contributed by atoms with Gasteiger partial charge in [-0.2, -0.15) is 11.8 Å². The number of benzene rings is 2. The molecule has 2 aromatic carbocycles. The number of nitrogens with zero attached hydrogens (tertiary/aromatic N) is 1. The Bertz CT molecular complexity index is 1090. The lowest BCUT2D eigenvalue weighted by Crippen LogP contribution is -2.41. The summed E-state index contributed by atoms with van der Waals surface area (Å²) in [6.07, 6.45) is 0.144. The summed E-state index contributed by atoms with van der Waals surface area (Å²) in [6, 6.07) is 16.1. The number of hydrogen-bond acceptors (Lipinski definition) is 5. The van der Waals surface area contributed by atoms with Crippen LogP contribution in [0.15, 0.2) is 54.6 Å². The number of nitrogens with one attached hydrogen (secondary N) is 2. The van der Waals surface area contributed by atoms with Crippen LogP contribution >= 0.6 is 23.4 Å². The molecule has 0 bridgehead atoms. The highest BCUT2D eigenvalue weighted by Gasteiger charge is 2.15. The number of aromatic nitrogens is 1. The van der Waals surface area contributed by atoms with Gasteiger partial charge in [-0.3, -0.25) is 25.2 Å². The van der Waals surface area contributed by atoms with Crippen LogP contribution in [0, 0.1) is 0 Å². The predicted molar refractivity (Wildman–Crippen MR) is 119 cm³/mol. The van der Waals surface area contributed by atoms with Crippen LogP contribution in [-0.2, 0) is 9.59 Å². The molecular formula is C21H19ClN4O3S. The molecule has 3 aromatic rings. The van der Waals surface area contributed by atoms with E-state index in [4.69, 9.17) is 17.3 Å². The number of para-hydroxylation sites is 1. The van der Waals surface area contributed by atoms with Gasteiger partial charge in [0.15, 0.2) is 0 Å². The number of thioether (sulfide) groups is 1. The summed E-state index contributed by atoms with van der Waals surface area (Å²) >= 11 is 7.22. The molecule has 0 radical (unpaired) electrons.